The van der Waals surface area contributed by atoms with Gasteiger partial charge < -0.3 is 11.1 Å². The number of nitrogens with zero attached hydrogens (tertiary/aromatic N) is 1. The Morgan fingerprint density at radius 2 is 1.79 bits per heavy atom. The highest BCUT2D eigenvalue weighted by molar-refractivity contribution is 5.90. The molecule has 0 saturated carbocycles. The molecule has 0 bridgehead atoms. The van der Waals surface area contributed by atoms with Crippen molar-refractivity contribution in [2.24, 2.45) is 11.7 Å². The molecule has 0 aromatic heterocycles. The van der Waals surface area contributed by atoms with Crippen LogP contribution in [0.25, 0.3) is 0 Å². The molecule has 1 saturated heterocycles. The highest BCUT2D eigenvalue weighted by atomic mass is 16.1. The van der Waals surface area contributed by atoms with Crippen molar-refractivity contribution in [1.82, 2.24) is 4.90 Å². The summed E-state index contributed by atoms with van der Waals surface area (Å²) in [5, 5.41) is 2.99. The molecule has 3 N–H and O–H groups in total. The highest BCUT2D eigenvalue weighted by Crippen LogP contribution is 2.19. The van der Waals surface area contributed by atoms with E-state index in [1.807, 2.05) is 12.1 Å². The lowest BCUT2D eigenvalue weighted by atomic mass is 9.99. The van der Waals surface area contributed by atoms with Gasteiger partial charge in [-0.1, -0.05) is 31.9 Å². The average molecular weight is 332 g/mol. The first kappa shape index (κ1) is 18.9. The zero-order chi connectivity index (χ0) is 17.2. The van der Waals surface area contributed by atoms with Gasteiger partial charge in [0.05, 0.1) is 0 Å². The first-order valence-corrected chi connectivity index (χ1v) is 9.48. The summed E-state index contributed by atoms with van der Waals surface area (Å²) in [5.41, 5.74) is 7.69. The zero-order valence-corrected chi connectivity index (χ0v) is 15.1. The van der Waals surface area contributed by atoms with E-state index >= 15 is 0 Å². The predicted molar refractivity (Wildman–Crippen MR) is 101 cm³/mol. The molecule has 134 valence electrons. The summed E-state index contributed by atoms with van der Waals surface area (Å²) in [7, 11) is 0. The lowest BCUT2D eigenvalue weighted by molar-refractivity contribution is -0.116. The number of rotatable bonds is 9. The molecule has 1 aliphatic rings. The Bertz CT molecular complexity index is 478. The van der Waals surface area contributed by atoms with E-state index in [4.69, 9.17) is 5.73 Å². The van der Waals surface area contributed by atoms with Crippen molar-refractivity contribution in [3.8, 4) is 0 Å². The largest absolute Gasteiger partial charge is 0.330 e. The van der Waals surface area contributed by atoms with Gasteiger partial charge in [-0.05, 0) is 68.9 Å². The molecule has 0 atom stereocenters. The summed E-state index contributed by atoms with van der Waals surface area (Å²) in [5.74, 6) is 0.981. The fraction of sp³-hybridized carbons (Fsp3) is 0.650. The summed E-state index contributed by atoms with van der Waals surface area (Å²) in [4.78, 5) is 14.5. The predicted octanol–water partition coefficient (Wildman–Crippen LogP) is 3.77. The van der Waals surface area contributed by atoms with Gasteiger partial charge in [-0.15, -0.1) is 0 Å². The Balaban J connectivity index is 1.68. The standard InChI is InChI=1S/C20H33N3O/c1-17-11-14-23(15-12-17)16-18-7-9-19(10-8-18)22-20(24)6-4-2-3-5-13-21/h7-10,17H,2-6,11-16,21H2,1H3,(H,22,24). The summed E-state index contributed by atoms with van der Waals surface area (Å²) in [6.07, 6.45) is 7.40. The van der Waals surface area contributed by atoms with Crippen LogP contribution in [0.4, 0.5) is 5.69 Å². The molecule has 4 heteroatoms. The van der Waals surface area contributed by atoms with Crippen molar-refractivity contribution < 1.29 is 4.79 Å². The number of carbonyl (C=O) groups excluding carboxylic acids is 1. The third-order valence-electron chi connectivity index (χ3n) is 4.88. The van der Waals surface area contributed by atoms with Crippen LogP contribution >= 0.6 is 0 Å². The van der Waals surface area contributed by atoms with E-state index in [2.05, 4.69) is 29.3 Å². The van der Waals surface area contributed by atoms with Crippen LogP contribution in [0.2, 0.25) is 0 Å². The quantitative estimate of drug-likeness (QED) is 0.677. The molecule has 0 unspecified atom stereocenters. The molecular formula is C20H33N3O. The van der Waals surface area contributed by atoms with Gasteiger partial charge in [-0.25, -0.2) is 0 Å². The molecule has 1 aliphatic heterocycles. The Kier molecular flexibility index (Phi) is 8.26. The molecule has 1 aromatic carbocycles. The number of piperidine rings is 1. The van der Waals surface area contributed by atoms with Crippen molar-refractivity contribution in [3.05, 3.63) is 29.8 Å². The third-order valence-corrected chi connectivity index (χ3v) is 4.88. The average Bonchev–Trinajstić information content (AvgIpc) is 2.58. The van der Waals surface area contributed by atoms with E-state index < -0.39 is 0 Å². The topological polar surface area (TPSA) is 58.4 Å². The van der Waals surface area contributed by atoms with Crippen molar-refractivity contribution in [2.45, 2.75) is 58.4 Å². The Morgan fingerprint density at radius 1 is 1.12 bits per heavy atom. The summed E-state index contributed by atoms with van der Waals surface area (Å²) in [6, 6.07) is 8.31. The Hall–Kier alpha value is -1.39. The van der Waals surface area contributed by atoms with Crippen LogP contribution in [-0.2, 0) is 11.3 Å². The monoisotopic (exact) mass is 331 g/mol. The van der Waals surface area contributed by atoms with Crippen molar-refractivity contribution in [3.63, 3.8) is 0 Å². The van der Waals surface area contributed by atoms with E-state index in [0.29, 0.717) is 6.42 Å². The molecule has 2 rings (SSSR count). The number of carbonyl (C=O) groups is 1. The molecule has 4 nitrogen and oxygen atoms in total. The van der Waals surface area contributed by atoms with Gasteiger partial charge >= 0.3 is 0 Å². The number of nitrogens with one attached hydrogen (secondary N) is 1. The Morgan fingerprint density at radius 3 is 2.46 bits per heavy atom. The van der Waals surface area contributed by atoms with Crippen LogP contribution in [0.3, 0.4) is 0 Å². The number of nitrogens with two attached hydrogens (primary N) is 1. The molecule has 1 amide bonds. The van der Waals surface area contributed by atoms with Gasteiger partial charge in [0.1, 0.15) is 0 Å². The van der Waals surface area contributed by atoms with Crippen LogP contribution in [-0.4, -0.2) is 30.4 Å². The summed E-state index contributed by atoms with van der Waals surface area (Å²) >= 11 is 0. The van der Waals surface area contributed by atoms with Gasteiger partial charge in [0.15, 0.2) is 0 Å². The number of hydrogen-bond acceptors (Lipinski definition) is 3. The number of amides is 1. The second kappa shape index (κ2) is 10.5. The number of unbranched alkanes of at least 4 members (excludes halogenated alkanes) is 3. The number of benzene rings is 1. The van der Waals surface area contributed by atoms with Gasteiger partial charge in [0.2, 0.25) is 5.91 Å². The Labute approximate surface area is 146 Å². The van der Waals surface area contributed by atoms with Gasteiger partial charge in [0, 0.05) is 18.7 Å². The summed E-state index contributed by atoms with van der Waals surface area (Å²) < 4.78 is 0. The molecule has 0 spiro atoms. The van der Waals surface area contributed by atoms with Crippen molar-refractivity contribution in [1.29, 1.82) is 0 Å². The lowest BCUT2D eigenvalue weighted by Gasteiger charge is -2.30. The molecule has 24 heavy (non-hydrogen) atoms. The minimum Gasteiger partial charge on any atom is -0.330 e. The molecule has 0 radical (unpaired) electrons. The lowest BCUT2D eigenvalue weighted by Crippen LogP contribution is -2.32. The van der Waals surface area contributed by atoms with E-state index in [1.165, 1.54) is 31.5 Å². The van der Waals surface area contributed by atoms with Crippen LogP contribution in [0, 0.1) is 5.92 Å². The zero-order valence-electron chi connectivity index (χ0n) is 15.1. The van der Waals surface area contributed by atoms with Gasteiger partial charge in [-0.3, -0.25) is 9.69 Å². The maximum atomic E-state index is 11.9. The fourth-order valence-electron chi connectivity index (χ4n) is 3.18. The second-order valence-electron chi connectivity index (χ2n) is 7.16. The van der Waals surface area contributed by atoms with Crippen LogP contribution < -0.4 is 11.1 Å². The SMILES string of the molecule is CC1CCN(Cc2ccc(NC(=O)CCCCCCN)cc2)CC1. The van der Waals surface area contributed by atoms with Gasteiger partial charge in [-0.2, -0.15) is 0 Å². The first-order chi connectivity index (χ1) is 11.7. The fourth-order valence-corrected chi connectivity index (χ4v) is 3.18. The molecule has 1 aromatic rings. The van der Waals surface area contributed by atoms with Crippen molar-refractivity contribution in [2.75, 3.05) is 25.0 Å². The van der Waals surface area contributed by atoms with Crippen molar-refractivity contribution >= 4 is 11.6 Å². The van der Waals surface area contributed by atoms with E-state index in [1.54, 1.807) is 0 Å². The van der Waals surface area contributed by atoms with E-state index in [0.717, 1.165) is 50.4 Å². The minimum absolute atomic E-state index is 0.112. The molecule has 1 heterocycles. The number of hydrogen-bond donors (Lipinski definition) is 2. The second-order valence-corrected chi connectivity index (χ2v) is 7.16. The minimum atomic E-state index is 0.112. The molecular weight excluding hydrogens is 298 g/mol. The number of anilines is 1. The van der Waals surface area contributed by atoms with Crippen LogP contribution in [0.1, 0.15) is 57.4 Å². The van der Waals surface area contributed by atoms with Crippen LogP contribution in [0.5, 0.6) is 0 Å². The maximum Gasteiger partial charge on any atom is 0.224 e. The normalized spacial score (nSPS) is 16.2. The highest BCUT2D eigenvalue weighted by Gasteiger charge is 2.15. The summed E-state index contributed by atoms with van der Waals surface area (Å²) in [6.45, 7) is 6.50. The maximum absolute atomic E-state index is 11.9. The van der Waals surface area contributed by atoms with E-state index in [9.17, 15) is 4.79 Å². The van der Waals surface area contributed by atoms with Gasteiger partial charge in [0.25, 0.3) is 0 Å². The molecule has 1 fully saturated rings. The third kappa shape index (κ3) is 7.02. The molecule has 0 aliphatic carbocycles. The van der Waals surface area contributed by atoms with Crippen LogP contribution in [0.15, 0.2) is 24.3 Å². The number of likely N-dealkylation sites (tertiary alicyclic amines) is 1. The first-order valence-electron chi connectivity index (χ1n) is 9.48. The smallest absolute Gasteiger partial charge is 0.224 e. The van der Waals surface area contributed by atoms with E-state index in [-0.39, 0.29) is 5.91 Å².